The van der Waals surface area contributed by atoms with Crippen LogP contribution in [0, 0.1) is 0 Å². The second kappa shape index (κ2) is 11.1. The number of ether oxygens (including phenoxy) is 1. The van der Waals surface area contributed by atoms with E-state index >= 15 is 0 Å². The van der Waals surface area contributed by atoms with E-state index in [4.69, 9.17) is 4.74 Å². The Morgan fingerprint density at radius 3 is 2.72 bits per heavy atom. The van der Waals surface area contributed by atoms with Crippen LogP contribution in [0.15, 0.2) is 29.3 Å². The summed E-state index contributed by atoms with van der Waals surface area (Å²) in [5.41, 5.74) is 2.62. The Morgan fingerprint density at radius 1 is 1.24 bits per heavy atom. The first-order valence-electron chi connectivity index (χ1n) is 9.22. The summed E-state index contributed by atoms with van der Waals surface area (Å²) in [6.07, 6.45) is 0. The van der Waals surface area contributed by atoms with Crippen molar-refractivity contribution in [2.75, 3.05) is 60.0 Å². The first kappa shape index (κ1) is 19.7. The Morgan fingerprint density at radius 2 is 2.00 bits per heavy atom. The van der Waals surface area contributed by atoms with Crippen molar-refractivity contribution < 1.29 is 4.74 Å². The fourth-order valence-electron chi connectivity index (χ4n) is 2.83. The highest BCUT2D eigenvalue weighted by atomic mass is 16.5. The molecule has 25 heavy (non-hydrogen) atoms. The number of hydrogen-bond donors (Lipinski definition) is 2. The van der Waals surface area contributed by atoms with Crippen molar-refractivity contribution in [1.82, 2.24) is 20.4 Å². The molecule has 2 N–H and O–H groups in total. The van der Waals surface area contributed by atoms with Crippen molar-refractivity contribution in [3.8, 4) is 0 Å². The number of nitrogens with zero attached hydrogens (tertiary/aromatic N) is 3. The van der Waals surface area contributed by atoms with Gasteiger partial charge in [-0.1, -0.05) is 31.2 Å². The third kappa shape index (κ3) is 7.42. The third-order valence-corrected chi connectivity index (χ3v) is 4.49. The number of guanidine groups is 1. The van der Waals surface area contributed by atoms with Crippen LogP contribution in [0.25, 0.3) is 0 Å². The topological polar surface area (TPSA) is 52.1 Å². The van der Waals surface area contributed by atoms with Gasteiger partial charge in [-0.15, -0.1) is 0 Å². The maximum absolute atomic E-state index is 5.38. The maximum atomic E-state index is 5.38. The van der Waals surface area contributed by atoms with Crippen LogP contribution in [0.2, 0.25) is 0 Å². The fraction of sp³-hybridized carbons (Fsp3) is 0.632. The van der Waals surface area contributed by atoms with E-state index in [1.165, 1.54) is 11.1 Å². The number of hydrogen-bond acceptors (Lipinski definition) is 4. The minimum Gasteiger partial charge on any atom is -0.379 e. The first-order chi connectivity index (χ1) is 12.2. The highest BCUT2D eigenvalue weighted by Crippen LogP contribution is 2.07. The molecule has 2 rings (SSSR count). The molecule has 0 saturated carbocycles. The zero-order valence-corrected chi connectivity index (χ0v) is 15.9. The lowest BCUT2D eigenvalue weighted by molar-refractivity contribution is 0.0389. The van der Waals surface area contributed by atoms with E-state index in [1.807, 2.05) is 7.05 Å². The molecule has 1 aliphatic rings. The number of rotatable bonds is 8. The Hall–Kier alpha value is -1.63. The zero-order chi connectivity index (χ0) is 17.9. The molecule has 1 aromatic rings. The van der Waals surface area contributed by atoms with Crippen LogP contribution in [0.4, 0.5) is 0 Å². The summed E-state index contributed by atoms with van der Waals surface area (Å²) in [6.45, 7) is 10.6. The largest absolute Gasteiger partial charge is 0.379 e. The number of benzene rings is 1. The van der Waals surface area contributed by atoms with E-state index in [0.717, 1.165) is 65.0 Å². The average molecular weight is 348 g/mol. The first-order valence-corrected chi connectivity index (χ1v) is 9.22. The fourth-order valence-corrected chi connectivity index (χ4v) is 2.83. The molecule has 1 fully saturated rings. The van der Waals surface area contributed by atoms with E-state index < -0.39 is 0 Å². The van der Waals surface area contributed by atoms with Crippen molar-refractivity contribution in [3.63, 3.8) is 0 Å². The monoisotopic (exact) mass is 347 g/mol. The van der Waals surface area contributed by atoms with Crippen molar-refractivity contribution in [3.05, 3.63) is 35.4 Å². The molecule has 0 spiro atoms. The summed E-state index contributed by atoms with van der Waals surface area (Å²) in [5, 5.41) is 6.79. The van der Waals surface area contributed by atoms with Crippen LogP contribution in [-0.4, -0.2) is 75.8 Å². The van der Waals surface area contributed by atoms with Gasteiger partial charge < -0.3 is 20.3 Å². The SMILES string of the molecule is CCN(C)Cc1cccc(CNC(=NC)NCCN2CCOCC2)c1. The van der Waals surface area contributed by atoms with Gasteiger partial charge in [0.25, 0.3) is 0 Å². The van der Waals surface area contributed by atoms with Gasteiger partial charge in [0.05, 0.1) is 13.2 Å². The highest BCUT2D eigenvalue weighted by molar-refractivity contribution is 5.79. The molecule has 1 aliphatic heterocycles. The summed E-state index contributed by atoms with van der Waals surface area (Å²) in [7, 11) is 3.96. The number of aliphatic imine (C=N–C) groups is 1. The van der Waals surface area contributed by atoms with E-state index in [-0.39, 0.29) is 0 Å². The molecule has 0 aliphatic carbocycles. The molecule has 0 unspecified atom stereocenters. The Labute approximate surface area is 152 Å². The van der Waals surface area contributed by atoms with Gasteiger partial charge in [-0.05, 0) is 24.7 Å². The molecule has 1 aromatic carbocycles. The van der Waals surface area contributed by atoms with Crippen molar-refractivity contribution in [1.29, 1.82) is 0 Å². The van der Waals surface area contributed by atoms with Crippen molar-refractivity contribution >= 4 is 5.96 Å². The van der Waals surface area contributed by atoms with Crippen LogP contribution >= 0.6 is 0 Å². The predicted octanol–water partition coefficient (Wildman–Crippen LogP) is 1.14. The lowest BCUT2D eigenvalue weighted by Gasteiger charge is -2.26. The average Bonchev–Trinajstić information content (AvgIpc) is 2.65. The third-order valence-electron chi connectivity index (χ3n) is 4.49. The Kier molecular flexibility index (Phi) is 8.72. The molecule has 140 valence electrons. The zero-order valence-electron chi connectivity index (χ0n) is 15.9. The van der Waals surface area contributed by atoms with Gasteiger partial charge in [0, 0.05) is 46.3 Å². The molecule has 1 heterocycles. The van der Waals surface area contributed by atoms with Crippen LogP contribution in [0.1, 0.15) is 18.1 Å². The lowest BCUT2D eigenvalue weighted by Crippen LogP contribution is -2.44. The minimum absolute atomic E-state index is 0.779. The molecule has 1 saturated heterocycles. The van der Waals surface area contributed by atoms with Gasteiger partial charge in [0.15, 0.2) is 5.96 Å². The number of nitrogens with one attached hydrogen (secondary N) is 2. The summed E-state index contributed by atoms with van der Waals surface area (Å²) in [6, 6.07) is 8.74. The van der Waals surface area contributed by atoms with E-state index in [2.05, 4.69) is 63.7 Å². The van der Waals surface area contributed by atoms with Gasteiger partial charge in [0.2, 0.25) is 0 Å². The van der Waals surface area contributed by atoms with Gasteiger partial charge in [-0.25, -0.2) is 0 Å². The van der Waals surface area contributed by atoms with Gasteiger partial charge in [-0.3, -0.25) is 9.89 Å². The molecule has 0 radical (unpaired) electrons. The van der Waals surface area contributed by atoms with Gasteiger partial charge in [-0.2, -0.15) is 0 Å². The molecular formula is C19H33N5O. The predicted molar refractivity (Wildman–Crippen MR) is 104 cm³/mol. The quantitative estimate of drug-likeness (QED) is 0.545. The maximum Gasteiger partial charge on any atom is 0.191 e. The molecule has 0 atom stereocenters. The van der Waals surface area contributed by atoms with Crippen molar-refractivity contribution in [2.45, 2.75) is 20.0 Å². The lowest BCUT2D eigenvalue weighted by atomic mass is 10.1. The Balaban J connectivity index is 1.73. The molecule has 0 aromatic heterocycles. The molecule has 6 heteroatoms. The Bertz CT molecular complexity index is 528. The summed E-state index contributed by atoms with van der Waals surface area (Å²) < 4.78 is 5.38. The molecule has 6 nitrogen and oxygen atoms in total. The summed E-state index contributed by atoms with van der Waals surface area (Å²) in [5.74, 6) is 0.851. The smallest absolute Gasteiger partial charge is 0.191 e. The van der Waals surface area contributed by atoms with Crippen LogP contribution < -0.4 is 10.6 Å². The van der Waals surface area contributed by atoms with Crippen LogP contribution in [0.3, 0.4) is 0 Å². The van der Waals surface area contributed by atoms with E-state index in [9.17, 15) is 0 Å². The normalized spacial score (nSPS) is 16.2. The summed E-state index contributed by atoms with van der Waals surface area (Å²) in [4.78, 5) is 9.03. The van der Waals surface area contributed by atoms with Gasteiger partial charge >= 0.3 is 0 Å². The second-order valence-electron chi connectivity index (χ2n) is 6.46. The summed E-state index contributed by atoms with van der Waals surface area (Å²) >= 11 is 0. The van der Waals surface area contributed by atoms with E-state index in [1.54, 1.807) is 0 Å². The van der Waals surface area contributed by atoms with Crippen LogP contribution in [-0.2, 0) is 17.8 Å². The second-order valence-corrected chi connectivity index (χ2v) is 6.46. The molecular weight excluding hydrogens is 314 g/mol. The van der Waals surface area contributed by atoms with Crippen LogP contribution in [0.5, 0.6) is 0 Å². The minimum atomic E-state index is 0.779. The van der Waals surface area contributed by atoms with Crippen molar-refractivity contribution in [2.24, 2.45) is 4.99 Å². The standard InChI is InChI=1S/C19H33N5O/c1-4-23(3)16-18-7-5-6-17(14-18)15-22-19(20-2)21-8-9-24-10-12-25-13-11-24/h5-7,14H,4,8-13,15-16H2,1-3H3,(H2,20,21,22). The number of morpholine rings is 1. The highest BCUT2D eigenvalue weighted by Gasteiger charge is 2.09. The van der Waals surface area contributed by atoms with Gasteiger partial charge in [0.1, 0.15) is 0 Å². The molecule has 0 amide bonds. The molecule has 0 bridgehead atoms. The van der Waals surface area contributed by atoms with E-state index in [0.29, 0.717) is 0 Å².